The Kier molecular flexibility index (Phi) is 3.93. The SMILES string of the molecule is Cc1ncc(C(Cl)Cc2ccc([N+](=O)[O-])cc2)s1. The van der Waals surface area contributed by atoms with Crippen molar-refractivity contribution in [3.8, 4) is 0 Å². The summed E-state index contributed by atoms with van der Waals surface area (Å²) in [5.41, 5.74) is 1.07. The third-order valence-electron chi connectivity index (χ3n) is 2.51. The van der Waals surface area contributed by atoms with E-state index in [0.29, 0.717) is 6.42 Å². The number of benzene rings is 1. The minimum absolute atomic E-state index is 0.0958. The first kappa shape index (κ1) is 13.0. The first-order valence-electron chi connectivity index (χ1n) is 5.36. The van der Waals surface area contributed by atoms with Gasteiger partial charge in [0.25, 0.3) is 5.69 Å². The van der Waals surface area contributed by atoms with Gasteiger partial charge in [-0.2, -0.15) is 0 Å². The molecule has 0 aliphatic carbocycles. The third kappa shape index (κ3) is 3.05. The van der Waals surface area contributed by atoms with Gasteiger partial charge in [-0.15, -0.1) is 22.9 Å². The number of hydrogen-bond acceptors (Lipinski definition) is 4. The number of non-ortho nitro benzene ring substituents is 1. The molecule has 1 atom stereocenters. The predicted molar refractivity (Wildman–Crippen MR) is 72.2 cm³/mol. The average molecular weight is 283 g/mol. The van der Waals surface area contributed by atoms with Gasteiger partial charge in [0.15, 0.2) is 0 Å². The number of rotatable bonds is 4. The van der Waals surface area contributed by atoms with Gasteiger partial charge in [0.05, 0.1) is 15.3 Å². The zero-order valence-corrected chi connectivity index (χ0v) is 11.2. The number of nitro benzene ring substituents is 1. The Bertz CT molecular complexity index is 553. The summed E-state index contributed by atoms with van der Waals surface area (Å²) < 4.78 is 0. The van der Waals surface area contributed by atoms with Gasteiger partial charge in [-0.25, -0.2) is 4.98 Å². The maximum absolute atomic E-state index is 10.5. The molecule has 0 amide bonds. The summed E-state index contributed by atoms with van der Waals surface area (Å²) >= 11 is 7.86. The van der Waals surface area contributed by atoms with E-state index in [1.165, 1.54) is 12.1 Å². The van der Waals surface area contributed by atoms with Gasteiger partial charge in [-0.1, -0.05) is 12.1 Å². The summed E-state index contributed by atoms with van der Waals surface area (Å²) in [5, 5.41) is 11.4. The molecule has 0 bridgehead atoms. The number of thiazole rings is 1. The lowest BCUT2D eigenvalue weighted by Crippen LogP contribution is -1.94. The zero-order valence-electron chi connectivity index (χ0n) is 9.67. The van der Waals surface area contributed by atoms with Crippen LogP contribution in [0.15, 0.2) is 30.5 Å². The standard InChI is InChI=1S/C12H11ClN2O2S/c1-8-14-7-12(18-8)11(13)6-9-2-4-10(5-3-9)15(16)17/h2-5,7,11H,6H2,1H3. The minimum atomic E-state index is -0.408. The van der Waals surface area contributed by atoms with Gasteiger partial charge in [-0.05, 0) is 18.9 Å². The van der Waals surface area contributed by atoms with Crippen LogP contribution < -0.4 is 0 Å². The summed E-state index contributed by atoms with van der Waals surface area (Å²) in [7, 11) is 0. The molecule has 1 unspecified atom stereocenters. The predicted octanol–water partition coefficient (Wildman–Crippen LogP) is 3.88. The molecule has 0 aliphatic heterocycles. The van der Waals surface area contributed by atoms with Crippen LogP contribution in [0.1, 0.15) is 20.8 Å². The molecule has 0 spiro atoms. The largest absolute Gasteiger partial charge is 0.269 e. The number of halogens is 1. The minimum Gasteiger partial charge on any atom is -0.258 e. The fourth-order valence-corrected chi connectivity index (χ4v) is 2.72. The summed E-state index contributed by atoms with van der Waals surface area (Å²) in [4.78, 5) is 15.3. The smallest absolute Gasteiger partial charge is 0.258 e. The molecule has 0 fully saturated rings. The first-order valence-corrected chi connectivity index (χ1v) is 6.61. The molecular formula is C12H11ClN2O2S. The second-order valence-electron chi connectivity index (χ2n) is 3.88. The van der Waals surface area contributed by atoms with Crippen molar-refractivity contribution in [1.82, 2.24) is 4.98 Å². The van der Waals surface area contributed by atoms with E-state index in [0.717, 1.165) is 15.4 Å². The number of nitrogens with zero attached hydrogens (tertiary/aromatic N) is 2. The maximum Gasteiger partial charge on any atom is 0.269 e. The summed E-state index contributed by atoms with van der Waals surface area (Å²) in [6.45, 7) is 1.93. The molecule has 1 heterocycles. The van der Waals surface area contributed by atoms with Gasteiger partial charge in [-0.3, -0.25) is 10.1 Å². The van der Waals surface area contributed by atoms with Crippen molar-refractivity contribution in [2.75, 3.05) is 0 Å². The van der Waals surface area contributed by atoms with Gasteiger partial charge in [0.2, 0.25) is 0 Å². The molecule has 1 aromatic carbocycles. The molecule has 0 N–H and O–H groups in total. The highest BCUT2D eigenvalue weighted by molar-refractivity contribution is 7.11. The monoisotopic (exact) mass is 282 g/mol. The van der Waals surface area contributed by atoms with Crippen molar-refractivity contribution in [3.05, 3.63) is 56.0 Å². The molecule has 6 heteroatoms. The van der Waals surface area contributed by atoms with Crippen molar-refractivity contribution < 1.29 is 4.92 Å². The lowest BCUT2D eigenvalue weighted by atomic mass is 10.1. The Hall–Kier alpha value is -1.46. The second kappa shape index (κ2) is 5.46. The van der Waals surface area contributed by atoms with Gasteiger partial charge in [0.1, 0.15) is 0 Å². The van der Waals surface area contributed by atoms with E-state index in [4.69, 9.17) is 11.6 Å². The first-order chi connectivity index (χ1) is 8.56. The molecule has 2 rings (SSSR count). The van der Waals surface area contributed by atoms with Crippen molar-refractivity contribution >= 4 is 28.6 Å². The quantitative estimate of drug-likeness (QED) is 0.486. The van der Waals surface area contributed by atoms with Crippen molar-refractivity contribution in [1.29, 1.82) is 0 Å². The van der Waals surface area contributed by atoms with E-state index in [-0.39, 0.29) is 11.1 Å². The molecule has 2 aromatic rings. The molecule has 4 nitrogen and oxygen atoms in total. The van der Waals surface area contributed by atoms with E-state index in [1.54, 1.807) is 29.7 Å². The number of nitro groups is 1. The maximum atomic E-state index is 10.5. The second-order valence-corrected chi connectivity index (χ2v) is 5.67. The molecule has 94 valence electrons. The number of alkyl halides is 1. The molecule has 0 radical (unpaired) electrons. The van der Waals surface area contributed by atoms with E-state index < -0.39 is 4.92 Å². The normalized spacial score (nSPS) is 12.3. The molecule has 1 aromatic heterocycles. The Morgan fingerprint density at radius 3 is 2.61 bits per heavy atom. The molecule has 0 saturated carbocycles. The topological polar surface area (TPSA) is 56.0 Å². The Morgan fingerprint density at radius 1 is 1.44 bits per heavy atom. The Morgan fingerprint density at radius 2 is 2.11 bits per heavy atom. The van der Waals surface area contributed by atoms with Crippen LogP contribution in [0, 0.1) is 17.0 Å². The van der Waals surface area contributed by atoms with Crippen LogP contribution in [0.3, 0.4) is 0 Å². The van der Waals surface area contributed by atoms with Crippen molar-refractivity contribution in [2.45, 2.75) is 18.7 Å². The van der Waals surface area contributed by atoms with E-state index >= 15 is 0 Å². The zero-order chi connectivity index (χ0) is 13.1. The summed E-state index contributed by atoms with van der Waals surface area (Å²) in [5.74, 6) is 0. The average Bonchev–Trinajstić information content (AvgIpc) is 2.76. The van der Waals surface area contributed by atoms with Crippen LogP contribution in [-0.2, 0) is 6.42 Å². The van der Waals surface area contributed by atoms with Gasteiger partial charge in [0, 0.05) is 23.2 Å². The van der Waals surface area contributed by atoms with Crippen LogP contribution in [0.5, 0.6) is 0 Å². The van der Waals surface area contributed by atoms with Gasteiger partial charge >= 0.3 is 0 Å². The number of aryl methyl sites for hydroxylation is 1. The van der Waals surface area contributed by atoms with E-state index in [9.17, 15) is 10.1 Å². The third-order valence-corrected chi connectivity index (χ3v) is 4.06. The highest BCUT2D eigenvalue weighted by Crippen LogP contribution is 2.29. The van der Waals surface area contributed by atoms with Crippen LogP contribution in [0.25, 0.3) is 0 Å². The summed E-state index contributed by atoms with van der Waals surface area (Å²) in [6, 6.07) is 6.47. The summed E-state index contributed by atoms with van der Waals surface area (Å²) in [6.07, 6.45) is 2.42. The van der Waals surface area contributed by atoms with Crippen LogP contribution in [0.2, 0.25) is 0 Å². The van der Waals surface area contributed by atoms with Crippen LogP contribution in [0.4, 0.5) is 5.69 Å². The highest BCUT2D eigenvalue weighted by atomic mass is 35.5. The fourth-order valence-electron chi connectivity index (χ4n) is 1.58. The van der Waals surface area contributed by atoms with Crippen LogP contribution in [-0.4, -0.2) is 9.91 Å². The van der Waals surface area contributed by atoms with Crippen molar-refractivity contribution in [3.63, 3.8) is 0 Å². The van der Waals surface area contributed by atoms with E-state index in [2.05, 4.69) is 4.98 Å². The molecule has 0 saturated heterocycles. The van der Waals surface area contributed by atoms with Crippen molar-refractivity contribution in [2.24, 2.45) is 0 Å². The van der Waals surface area contributed by atoms with Crippen LogP contribution >= 0.6 is 22.9 Å². The number of hydrogen-bond donors (Lipinski definition) is 0. The lowest BCUT2D eigenvalue weighted by Gasteiger charge is -2.06. The Balaban J connectivity index is 2.07. The number of aromatic nitrogens is 1. The Labute approximate surface area is 113 Å². The molecular weight excluding hydrogens is 272 g/mol. The van der Waals surface area contributed by atoms with Gasteiger partial charge < -0.3 is 0 Å². The fraction of sp³-hybridized carbons (Fsp3) is 0.250. The van der Waals surface area contributed by atoms with E-state index in [1.807, 2.05) is 6.92 Å². The molecule has 0 aliphatic rings. The highest BCUT2D eigenvalue weighted by Gasteiger charge is 2.12. The lowest BCUT2D eigenvalue weighted by molar-refractivity contribution is -0.384. The molecule has 18 heavy (non-hydrogen) atoms.